The second kappa shape index (κ2) is 5.87. The van der Waals surface area contributed by atoms with Gasteiger partial charge in [0.15, 0.2) is 5.03 Å². The molecule has 2 rings (SSSR count). The number of nitro groups is 1. The van der Waals surface area contributed by atoms with E-state index in [1.54, 1.807) is 0 Å². The van der Waals surface area contributed by atoms with E-state index in [1.807, 2.05) is 24.3 Å². The third-order valence-electron chi connectivity index (χ3n) is 2.71. The average molecular weight is 290 g/mol. The van der Waals surface area contributed by atoms with Crippen LogP contribution in [0.25, 0.3) is 0 Å². The molecule has 1 aromatic heterocycles. The van der Waals surface area contributed by atoms with Gasteiger partial charge < -0.3 is 5.73 Å². The molecule has 0 bridgehead atoms. The standard InChI is InChI=1S/C13H14N4O2S/c1-8(2)9-3-5-10(6-4-9)20-12-11(17(18)19)7-15-13(14)16-12/h3-8H,1-2H3,(H2,14,15,16). The van der Waals surface area contributed by atoms with Gasteiger partial charge in [-0.05, 0) is 23.6 Å². The van der Waals surface area contributed by atoms with Gasteiger partial charge in [-0.2, -0.15) is 4.98 Å². The van der Waals surface area contributed by atoms with Crippen molar-refractivity contribution in [2.45, 2.75) is 29.7 Å². The minimum absolute atomic E-state index is 0.0249. The van der Waals surface area contributed by atoms with Crippen LogP contribution in [0, 0.1) is 10.1 Å². The van der Waals surface area contributed by atoms with E-state index in [4.69, 9.17) is 5.73 Å². The molecule has 1 heterocycles. The summed E-state index contributed by atoms with van der Waals surface area (Å²) in [6, 6.07) is 7.84. The molecular formula is C13H14N4O2S. The fraction of sp³-hybridized carbons (Fsp3) is 0.231. The van der Waals surface area contributed by atoms with E-state index in [-0.39, 0.29) is 16.7 Å². The van der Waals surface area contributed by atoms with Crippen molar-refractivity contribution in [1.82, 2.24) is 9.97 Å². The molecule has 0 aliphatic rings. The summed E-state index contributed by atoms with van der Waals surface area (Å²) < 4.78 is 0. The van der Waals surface area contributed by atoms with Crippen LogP contribution in [-0.2, 0) is 0 Å². The van der Waals surface area contributed by atoms with Crippen LogP contribution in [0.5, 0.6) is 0 Å². The van der Waals surface area contributed by atoms with Gasteiger partial charge in [0.25, 0.3) is 0 Å². The maximum atomic E-state index is 10.9. The van der Waals surface area contributed by atoms with Gasteiger partial charge in [0.05, 0.1) is 4.92 Å². The Kier molecular flexibility index (Phi) is 4.19. The topological polar surface area (TPSA) is 94.9 Å². The SMILES string of the molecule is CC(C)c1ccc(Sc2nc(N)ncc2[N+](=O)[O-])cc1. The molecule has 0 saturated carbocycles. The molecule has 20 heavy (non-hydrogen) atoms. The molecule has 0 saturated heterocycles. The summed E-state index contributed by atoms with van der Waals surface area (Å²) in [5.41, 5.74) is 6.56. The molecule has 0 aliphatic carbocycles. The average Bonchev–Trinajstić information content (AvgIpc) is 2.39. The van der Waals surface area contributed by atoms with E-state index in [0.29, 0.717) is 5.92 Å². The molecule has 0 amide bonds. The summed E-state index contributed by atoms with van der Waals surface area (Å²) in [5.74, 6) is 0.468. The van der Waals surface area contributed by atoms with Crippen LogP contribution in [0.1, 0.15) is 25.3 Å². The van der Waals surface area contributed by atoms with E-state index in [1.165, 1.54) is 17.3 Å². The third kappa shape index (κ3) is 3.24. The molecule has 6 nitrogen and oxygen atoms in total. The summed E-state index contributed by atoms with van der Waals surface area (Å²) in [7, 11) is 0. The summed E-state index contributed by atoms with van der Waals surface area (Å²) in [6.07, 6.45) is 1.13. The maximum Gasteiger partial charge on any atom is 0.320 e. The molecular weight excluding hydrogens is 276 g/mol. The molecule has 0 atom stereocenters. The lowest BCUT2D eigenvalue weighted by Gasteiger charge is -2.06. The van der Waals surface area contributed by atoms with Crippen LogP contribution < -0.4 is 5.73 Å². The smallest absolute Gasteiger partial charge is 0.320 e. The van der Waals surface area contributed by atoms with Crippen molar-refractivity contribution in [3.63, 3.8) is 0 Å². The summed E-state index contributed by atoms with van der Waals surface area (Å²) >= 11 is 1.20. The minimum atomic E-state index is -0.510. The van der Waals surface area contributed by atoms with Crippen LogP contribution >= 0.6 is 11.8 Å². The van der Waals surface area contributed by atoms with Crippen LogP contribution in [0.4, 0.5) is 11.6 Å². The molecule has 0 unspecified atom stereocenters. The van der Waals surface area contributed by atoms with Crippen molar-refractivity contribution >= 4 is 23.4 Å². The lowest BCUT2D eigenvalue weighted by atomic mass is 10.0. The Labute approximate surface area is 120 Å². The number of nitrogens with two attached hydrogens (primary N) is 1. The Morgan fingerprint density at radius 2 is 1.95 bits per heavy atom. The van der Waals surface area contributed by atoms with E-state index in [0.717, 1.165) is 11.1 Å². The Balaban J connectivity index is 2.29. The van der Waals surface area contributed by atoms with E-state index in [2.05, 4.69) is 23.8 Å². The highest BCUT2D eigenvalue weighted by molar-refractivity contribution is 7.99. The fourth-order valence-corrected chi connectivity index (χ4v) is 2.47. The number of hydrogen-bond acceptors (Lipinski definition) is 6. The van der Waals surface area contributed by atoms with Crippen LogP contribution in [0.3, 0.4) is 0 Å². The monoisotopic (exact) mass is 290 g/mol. The number of hydrogen-bond donors (Lipinski definition) is 1. The molecule has 0 aliphatic heterocycles. The molecule has 0 fully saturated rings. The molecule has 0 spiro atoms. The summed E-state index contributed by atoms with van der Waals surface area (Å²) in [5, 5.41) is 11.2. The van der Waals surface area contributed by atoms with Gasteiger partial charge in [0.2, 0.25) is 5.95 Å². The molecule has 1 aromatic carbocycles. The highest BCUT2D eigenvalue weighted by atomic mass is 32.2. The van der Waals surface area contributed by atoms with Crippen molar-refractivity contribution in [2.24, 2.45) is 0 Å². The summed E-state index contributed by atoms with van der Waals surface area (Å²) in [4.78, 5) is 18.9. The van der Waals surface area contributed by atoms with Crippen molar-refractivity contribution in [2.75, 3.05) is 5.73 Å². The van der Waals surface area contributed by atoms with Gasteiger partial charge in [-0.1, -0.05) is 37.7 Å². The molecule has 104 valence electrons. The van der Waals surface area contributed by atoms with Crippen molar-refractivity contribution in [3.05, 3.63) is 46.1 Å². The first-order valence-electron chi connectivity index (χ1n) is 6.02. The van der Waals surface area contributed by atoms with Gasteiger partial charge in [-0.3, -0.25) is 10.1 Å². The normalized spacial score (nSPS) is 10.8. The second-order valence-electron chi connectivity index (χ2n) is 4.50. The third-order valence-corrected chi connectivity index (χ3v) is 3.71. The number of nitrogen functional groups attached to an aromatic ring is 1. The largest absolute Gasteiger partial charge is 0.368 e. The van der Waals surface area contributed by atoms with Gasteiger partial charge >= 0.3 is 5.69 Å². The number of nitrogens with zero attached hydrogens (tertiary/aromatic N) is 3. The Morgan fingerprint density at radius 1 is 1.30 bits per heavy atom. The van der Waals surface area contributed by atoms with E-state index < -0.39 is 4.92 Å². The Bertz CT molecular complexity index is 629. The molecule has 2 aromatic rings. The van der Waals surface area contributed by atoms with Crippen molar-refractivity contribution < 1.29 is 4.92 Å². The predicted molar refractivity (Wildman–Crippen MR) is 77.8 cm³/mol. The predicted octanol–water partition coefficient (Wildman–Crippen LogP) is 3.24. The maximum absolute atomic E-state index is 10.9. The quantitative estimate of drug-likeness (QED) is 0.527. The zero-order valence-corrected chi connectivity index (χ0v) is 11.9. The minimum Gasteiger partial charge on any atom is -0.368 e. The summed E-state index contributed by atoms with van der Waals surface area (Å²) in [6.45, 7) is 4.22. The van der Waals surface area contributed by atoms with E-state index in [9.17, 15) is 10.1 Å². The lowest BCUT2D eigenvalue weighted by Crippen LogP contribution is -2.00. The van der Waals surface area contributed by atoms with Gasteiger partial charge in [0.1, 0.15) is 6.20 Å². The van der Waals surface area contributed by atoms with Crippen molar-refractivity contribution in [1.29, 1.82) is 0 Å². The molecule has 0 radical (unpaired) electrons. The Hall–Kier alpha value is -2.15. The van der Waals surface area contributed by atoms with Crippen molar-refractivity contribution in [3.8, 4) is 0 Å². The van der Waals surface area contributed by atoms with Crippen LogP contribution in [0.15, 0.2) is 40.4 Å². The number of aromatic nitrogens is 2. The highest BCUT2D eigenvalue weighted by Crippen LogP contribution is 2.33. The molecule has 7 heteroatoms. The van der Waals surface area contributed by atoms with Crippen LogP contribution in [-0.4, -0.2) is 14.9 Å². The number of benzene rings is 1. The first-order valence-corrected chi connectivity index (χ1v) is 6.83. The second-order valence-corrected chi connectivity index (χ2v) is 5.56. The Morgan fingerprint density at radius 3 is 2.50 bits per heavy atom. The zero-order chi connectivity index (χ0) is 14.7. The van der Waals surface area contributed by atoms with Gasteiger partial charge in [-0.25, -0.2) is 4.98 Å². The molecule has 2 N–H and O–H groups in total. The fourth-order valence-electron chi connectivity index (χ4n) is 1.61. The van der Waals surface area contributed by atoms with Crippen LogP contribution in [0.2, 0.25) is 0 Å². The first-order chi connectivity index (χ1) is 9.47. The lowest BCUT2D eigenvalue weighted by molar-refractivity contribution is -0.388. The van der Waals surface area contributed by atoms with E-state index >= 15 is 0 Å². The van der Waals surface area contributed by atoms with Gasteiger partial charge in [-0.15, -0.1) is 0 Å². The highest BCUT2D eigenvalue weighted by Gasteiger charge is 2.17. The number of rotatable bonds is 4. The van der Waals surface area contributed by atoms with Gasteiger partial charge in [0, 0.05) is 4.90 Å². The zero-order valence-electron chi connectivity index (χ0n) is 11.1. The first kappa shape index (κ1) is 14.3. The number of anilines is 1.